The van der Waals surface area contributed by atoms with Gasteiger partial charge in [0.1, 0.15) is 34.8 Å². The zero-order valence-corrected chi connectivity index (χ0v) is 21.6. The van der Waals surface area contributed by atoms with E-state index in [4.69, 9.17) is 5.73 Å². The van der Waals surface area contributed by atoms with Gasteiger partial charge in [-0.05, 0) is 23.8 Å². The molecule has 0 fully saturated rings. The molecule has 0 radical (unpaired) electrons. The zero-order valence-electron chi connectivity index (χ0n) is 20.7. The van der Waals surface area contributed by atoms with E-state index in [1.54, 1.807) is 60.7 Å². The summed E-state index contributed by atoms with van der Waals surface area (Å²) >= 11 is 1.10. The first-order chi connectivity index (χ1) is 19.4. The van der Waals surface area contributed by atoms with Crippen LogP contribution in [0.25, 0.3) is 0 Å². The Morgan fingerprint density at radius 2 is 1.62 bits per heavy atom. The highest BCUT2D eigenvalue weighted by atomic mass is 32.2. The van der Waals surface area contributed by atoms with Crippen molar-refractivity contribution >= 4 is 29.2 Å². The number of halogens is 2. The molecule has 1 spiro atoms. The SMILES string of the molecule is N#CC1=C(N)Nc2nc(SCc3ccccc3F)[nH]c(=O)c2[C@]12C(=O)N(Cc1ccccc1F)c1ccccc12. The highest BCUT2D eigenvalue weighted by Gasteiger charge is 2.60. The van der Waals surface area contributed by atoms with Crippen molar-refractivity contribution in [3.8, 4) is 6.07 Å². The van der Waals surface area contributed by atoms with E-state index < -0.39 is 22.7 Å². The Hall–Kier alpha value is -4.95. The number of aromatic amines is 1. The molecule has 40 heavy (non-hydrogen) atoms. The second-order valence-electron chi connectivity index (χ2n) is 9.25. The number of para-hydroxylation sites is 1. The molecule has 2 aliphatic heterocycles. The van der Waals surface area contributed by atoms with Crippen LogP contribution in [0.5, 0.6) is 0 Å². The maximum absolute atomic E-state index is 14.6. The van der Waals surface area contributed by atoms with E-state index in [9.17, 15) is 23.6 Å². The highest BCUT2D eigenvalue weighted by Crippen LogP contribution is 2.53. The molecule has 3 aromatic carbocycles. The Labute approximate surface area is 231 Å². The van der Waals surface area contributed by atoms with Crippen LogP contribution in [0.4, 0.5) is 20.3 Å². The summed E-state index contributed by atoms with van der Waals surface area (Å²) in [6, 6.07) is 21.1. The molecule has 8 nitrogen and oxygen atoms in total. The fourth-order valence-electron chi connectivity index (χ4n) is 5.27. The van der Waals surface area contributed by atoms with Crippen LogP contribution in [0, 0.1) is 23.0 Å². The summed E-state index contributed by atoms with van der Waals surface area (Å²) in [6.45, 7) is -0.131. The van der Waals surface area contributed by atoms with Gasteiger partial charge in [0.2, 0.25) is 5.91 Å². The lowest BCUT2D eigenvalue weighted by Crippen LogP contribution is -2.49. The van der Waals surface area contributed by atoms with Crippen molar-refractivity contribution in [2.24, 2.45) is 5.73 Å². The number of benzene rings is 3. The lowest BCUT2D eigenvalue weighted by molar-refractivity contribution is -0.120. The Balaban J connectivity index is 1.50. The van der Waals surface area contributed by atoms with Crippen LogP contribution >= 0.6 is 11.8 Å². The number of H-pyrrole nitrogens is 1. The standard InChI is InChI=1S/C29H20F2N6O2S/c30-20-10-4-1-7-16(20)14-37-22-12-6-3-9-18(22)29(27(37)39)19(13-32)24(33)34-25-23(29)26(38)36-28(35-25)40-15-17-8-2-5-11-21(17)31/h1-12H,14-15,33H2,(H2,34,35,36,38)/t29-/m1/s1. The molecule has 6 rings (SSSR count). The maximum atomic E-state index is 14.6. The Morgan fingerprint density at radius 3 is 2.33 bits per heavy atom. The number of fused-ring (bicyclic) bond motifs is 4. The molecule has 11 heteroatoms. The first kappa shape index (κ1) is 25.3. The van der Waals surface area contributed by atoms with Crippen LogP contribution in [0.2, 0.25) is 0 Å². The minimum absolute atomic E-state index is 0.00665. The summed E-state index contributed by atoms with van der Waals surface area (Å²) in [5.41, 5.74) is 4.93. The van der Waals surface area contributed by atoms with E-state index in [-0.39, 0.29) is 51.6 Å². The van der Waals surface area contributed by atoms with Crippen LogP contribution in [0.1, 0.15) is 22.3 Å². The van der Waals surface area contributed by atoms with Gasteiger partial charge in [0.05, 0.1) is 17.7 Å². The lowest BCUT2D eigenvalue weighted by atomic mass is 9.69. The van der Waals surface area contributed by atoms with Crippen LogP contribution < -0.4 is 21.5 Å². The van der Waals surface area contributed by atoms with Crippen LogP contribution in [-0.2, 0) is 22.5 Å². The van der Waals surface area contributed by atoms with Crippen LogP contribution in [0.15, 0.2) is 94.1 Å². The van der Waals surface area contributed by atoms with Crippen LogP contribution in [0.3, 0.4) is 0 Å². The summed E-state index contributed by atoms with van der Waals surface area (Å²) in [5, 5.41) is 13.2. The van der Waals surface area contributed by atoms with E-state index in [0.717, 1.165) is 11.8 Å². The summed E-state index contributed by atoms with van der Waals surface area (Å²) in [5.74, 6) is -1.45. The fourth-order valence-corrected chi connectivity index (χ4v) is 6.12. The second kappa shape index (κ2) is 9.66. The van der Waals surface area contributed by atoms with Gasteiger partial charge in [0.15, 0.2) is 5.16 Å². The van der Waals surface area contributed by atoms with Crippen molar-refractivity contribution < 1.29 is 13.6 Å². The number of hydrogen-bond donors (Lipinski definition) is 3. The molecule has 1 atom stereocenters. The van der Waals surface area contributed by atoms with Gasteiger partial charge in [0.25, 0.3) is 5.56 Å². The lowest BCUT2D eigenvalue weighted by Gasteiger charge is -2.34. The van der Waals surface area contributed by atoms with E-state index in [2.05, 4.69) is 15.3 Å². The molecule has 0 saturated carbocycles. The molecule has 0 aliphatic carbocycles. The number of rotatable bonds is 5. The van der Waals surface area contributed by atoms with Crippen molar-refractivity contribution in [1.82, 2.24) is 9.97 Å². The predicted octanol–water partition coefficient (Wildman–Crippen LogP) is 4.29. The third-order valence-corrected chi connectivity index (χ3v) is 7.98. The summed E-state index contributed by atoms with van der Waals surface area (Å²) in [4.78, 5) is 36.7. The number of nitrogens with one attached hydrogen (secondary N) is 2. The number of nitrogens with zero attached hydrogens (tertiary/aromatic N) is 3. The Kier molecular flexibility index (Phi) is 6.12. The Morgan fingerprint density at radius 1 is 0.975 bits per heavy atom. The number of amides is 1. The van der Waals surface area contributed by atoms with Crippen LogP contribution in [-0.4, -0.2) is 15.9 Å². The number of carbonyl (C=O) groups excluding carboxylic acids is 1. The van der Waals surface area contributed by atoms with Crippen molar-refractivity contribution in [2.45, 2.75) is 22.9 Å². The molecular formula is C29H20F2N6O2S. The number of anilines is 2. The van der Waals surface area contributed by atoms with Gasteiger partial charge >= 0.3 is 0 Å². The molecule has 0 unspecified atom stereocenters. The van der Waals surface area contributed by atoms with E-state index in [1.807, 2.05) is 6.07 Å². The van der Waals surface area contributed by atoms with Gasteiger partial charge in [0, 0.05) is 22.6 Å². The maximum Gasteiger partial charge on any atom is 0.258 e. The number of hydrogen-bond acceptors (Lipinski definition) is 7. The minimum atomic E-state index is -1.91. The number of thioether (sulfide) groups is 1. The third-order valence-electron chi connectivity index (χ3n) is 7.06. The fraction of sp³-hybridized carbons (Fsp3) is 0.103. The molecule has 0 bridgehead atoms. The van der Waals surface area contributed by atoms with Crippen molar-refractivity contribution in [3.05, 3.63) is 128 Å². The molecule has 4 aromatic rings. The predicted molar refractivity (Wildman–Crippen MR) is 146 cm³/mol. The molecule has 1 amide bonds. The molecule has 3 heterocycles. The number of nitrogens with two attached hydrogens (primary N) is 1. The molecule has 4 N–H and O–H groups in total. The summed E-state index contributed by atoms with van der Waals surface area (Å²) in [6.07, 6.45) is 0. The Bertz CT molecular complexity index is 1830. The molecule has 0 saturated heterocycles. The average Bonchev–Trinajstić information content (AvgIpc) is 3.17. The van der Waals surface area contributed by atoms with E-state index in [0.29, 0.717) is 16.8 Å². The molecular weight excluding hydrogens is 534 g/mol. The van der Waals surface area contributed by atoms with Crippen molar-refractivity contribution in [3.63, 3.8) is 0 Å². The molecule has 198 valence electrons. The van der Waals surface area contributed by atoms with Gasteiger partial charge < -0.3 is 20.9 Å². The van der Waals surface area contributed by atoms with Gasteiger partial charge in [-0.3, -0.25) is 9.59 Å². The molecule has 1 aromatic heterocycles. The van der Waals surface area contributed by atoms with Crippen molar-refractivity contribution in [2.75, 3.05) is 10.2 Å². The van der Waals surface area contributed by atoms with Gasteiger partial charge in [-0.2, -0.15) is 5.26 Å². The van der Waals surface area contributed by atoms with Gasteiger partial charge in [-0.1, -0.05) is 66.4 Å². The second-order valence-corrected chi connectivity index (χ2v) is 10.2. The summed E-state index contributed by atoms with van der Waals surface area (Å²) < 4.78 is 28.8. The third kappa shape index (κ3) is 3.76. The number of carbonyl (C=O) groups is 1. The number of aromatic nitrogens is 2. The highest BCUT2D eigenvalue weighted by molar-refractivity contribution is 7.98. The van der Waals surface area contributed by atoms with E-state index in [1.165, 1.54) is 17.0 Å². The summed E-state index contributed by atoms with van der Waals surface area (Å²) in [7, 11) is 0. The topological polar surface area (TPSA) is 128 Å². The molecule has 2 aliphatic rings. The smallest absolute Gasteiger partial charge is 0.258 e. The first-order valence-corrected chi connectivity index (χ1v) is 13.2. The number of nitriles is 1. The first-order valence-electron chi connectivity index (χ1n) is 12.2. The minimum Gasteiger partial charge on any atom is -0.384 e. The van der Waals surface area contributed by atoms with Gasteiger partial charge in [-0.15, -0.1) is 0 Å². The normalized spacial score (nSPS) is 17.4. The quantitative estimate of drug-likeness (QED) is 0.248. The van der Waals surface area contributed by atoms with Gasteiger partial charge in [-0.25, -0.2) is 13.8 Å². The zero-order chi connectivity index (χ0) is 28.0. The van der Waals surface area contributed by atoms with E-state index >= 15 is 0 Å². The van der Waals surface area contributed by atoms with Crippen molar-refractivity contribution in [1.29, 1.82) is 5.26 Å². The monoisotopic (exact) mass is 554 g/mol. The average molecular weight is 555 g/mol. The largest absolute Gasteiger partial charge is 0.384 e.